The Morgan fingerprint density at radius 1 is 1.47 bits per heavy atom. The molecule has 0 aliphatic carbocycles. The Labute approximate surface area is 106 Å². The van der Waals surface area contributed by atoms with Crippen LogP contribution in [0.4, 0.5) is 11.5 Å². The van der Waals surface area contributed by atoms with Gasteiger partial charge in [-0.05, 0) is 42.4 Å². The third-order valence-electron chi connectivity index (χ3n) is 2.95. The molecule has 2 rings (SSSR count). The average molecular weight is 248 g/mol. The largest absolute Gasteiger partial charge is 0.396 e. The first-order valence-electron chi connectivity index (χ1n) is 5.78. The SMILES string of the molecule is N#Cc1nc(NCC2CCSCC2)ccc1N. The van der Waals surface area contributed by atoms with E-state index in [1.165, 1.54) is 24.3 Å². The maximum atomic E-state index is 8.84. The van der Waals surface area contributed by atoms with Crippen LogP contribution in [0.15, 0.2) is 12.1 Å². The van der Waals surface area contributed by atoms with Gasteiger partial charge < -0.3 is 11.1 Å². The minimum atomic E-state index is 0.300. The minimum absolute atomic E-state index is 0.300. The molecule has 1 aliphatic heterocycles. The maximum Gasteiger partial charge on any atom is 0.165 e. The number of nitrogens with two attached hydrogens (primary N) is 1. The summed E-state index contributed by atoms with van der Waals surface area (Å²) in [4.78, 5) is 4.17. The molecule has 1 aromatic heterocycles. The topological polar surface area (TPSA) is 74.7 Å². The number of pyridine rings is 1. The molecular weight excluding hydrogens is 232 g/mol. The van der Waals surface area contributed by atoms with Crippen molar-refractivity contribution in [1.29, 1.82) is 5.26 Å². The summed E-state index contributed by atoms with van der Waals surface area (Å²) in [5.74, 6) is 3.98. The Bertz CT molecular complexity index is 421. The molecule has 2 heterocycles. The highest BCUT2D eigenvalue weighted by Gasteiger charge is 2.13. The summed E-state index contributed by atoms with van der Waals surface area (Å²) in [5, 5.41) is 12.1. The number of thioether (sulfide) groups is 1. The maximum absolute atomic E-state index is 8.84. The molecule has 3 N–H and O–H groups in total. The fourth-order valence-corrected chi connectivity index (χ4v) is 3.06. The van der Waals surface area contributed by atoms with Crippen LogP contribution in [-0.2, 0) is 0 Å². The average Bonchev–Trinajstić information content (AvgIpc) is 2.39. The molecule has 0 aromatic carbocycles. The van der Waals surface area contributed by atoms with Crippen LogP contribution in [0.2, 0.25) is 0 Å². The Morgan fingerprint density at radius 3 is 2.94 bits per heavy atom. The van der Waals surface area contributed by atoms with Crippen LogP contribution in [0.3, 0.4) is 0 Å². The van der Waals surface area contributed by atoms with Crippen molar-refractivity contribution >= 4 is 23.3 Å². The predicted molar refractivity (Wildman–Crippen MR) is 71.9 cm³/mol. The molecule has 1 saturated heterocycles. The first-order valence-corrected chi connectivity index (χ1v) is 6.93. The minimum Gasteiger partial charge on any atom is -0.396 e. The van der Waals surface area contributed by atoms with Gasteiger partial charge in [0.15, 0.2) is 5.69 Å². The van der Waals surface area contributed by atoms with Crippen LogP contribution in [0.1, 0.15) is 18.5 Å². The predicted octanol–water partition coefficient (Wildman–Crippen LogP) is 2.09. The number of rotatable bonds is 3. The lowest BCUT2D eigenvalue weighted by molar-refractivity contribution is 0.515. The third-order valence-corrected chi connectivity index (χ3v) is 3.99. The Hall–Kier alpha value is -1.41. The molecule has 1 aromatic rings. The summed E-state index contributed by atoms with van der Waals surface area (Å²) < 4.78 is 0. The first kappa shape index (κ1) is 12.1. The van der Waals surface area contributed by atoms with Crippen LogP contribution < -0.4 is 11.1 Å². The fraction of sp³-hybridized carbons (Fsp3) is 0.500. The van der Waals surface area contributed by atoms with E-state index in [1.807, 2.05) is 23.9 Å². The number of hydrogen-bond acceptors (Lipinski definition) is 5. The summed E-state index contributed by atoms with van der Waals surface area (Å²) in [6.07, 6.45) is 2.52. The van der Waals surface area contributed by atoms with Crippen molar-refractivity contribution in [2.24, 2.45) is 5.92 Å². The number of aromatic nitrogens is 1. The van der Waals surface area contributed by atoms with E-state index in [0.29, 0.717) is 11.4 Å². The third kappa shape index (κ3) is 3.27. The second-order valence-corrected chi connectivity index (χ2v) is 5.41. The van der Waals surface area contributed by atoms with Crippen LogP contribution in [0.25, 0.3) is 0 Å². The molecule has 0 bridgehead atoms. The highest BCUT2D eigenvalue weighted by atomic mass is 32.2. The summed E-state index contributed by atoms with van der Waals surface area (Å²) in [6.45, 7) is 0.933. The quantitative estimate of drug-likeness (QED) is 0.856. The first-order chi connectivity index (χ1) is 8.29. The molecule has 0 unspecified atom stereocenters. The molecule has 0 atom stereocenters. The van der Waals surface area contributed by atoms with Crippen LogP contribution >= 0.6 is 11.8 Å². The van der Waals surface area contributed by atoms with E-state index in [-0.39, 0.29) is 0 Å². The van der Waals surface area contributed by atoms with E-state index in [9.17, 15) is 0 Å². The van der Waals surface area contributed by atoms with Gasteiger partial charge in [0.2, 0.25) is 0 Å². The molecule has 0 amide bonds. The Kier molecular flexibility index (Phi) is 4.10. The number of hydrogen-bond donors (Lipinski definition) is 2. The molecule has 0 spiro atoms. The second-order valence-electron chi connectivity index (χ2n) is 4.18. The zero-order valence-corrected chi connectivity index (χ0v) is 10.5. The smallest absolute Gasteiger partial charge is 0.165 e. The molecule has 90 valence electrons. The van der Waals surface area contributed by atoms with Crippen LogP contribution in [0.5, 0.6) is 0 Å². The number of nitrogens with zero attached hydrogens (tertiary/aromatic N) is 2. The van der Waals surface area contributed by atoms with Crippen molar-refractivity contribution in [2.45, 2.75) is 12.8 Å². The van der Waals surface area contributed by atoms with Gasteiger partial charge >= 0.3 is 0 Å². The van der Waals surface area contributed by atoms with Gasteiger partial charge in [-0.1, -0.05) is 0 Å². The highest BCUT2D eigenvalue weighted by molar-refractivity contribution is 7.99. The number of nitrogen functional groups attached to an aromatic ring is 1. The van der Waals surface area contributed by atoms with Gasteiger partial charge in [0.25, 0.3) is 0 Å². The van der Waals surface area contributed by atoms with Crippen molar-refractivity contribution in [3.63, 3.8) is 0 Å². The van der Waals surface area contributed by atoms with E-state index < -0.39 is 0 Å². The second kappa shape index (κ2) is 5.78. The molecule has 4 nitrogen and oxygen atoms in total. The summed E-state index contributed by atoms with van der Waals surface area (Å²) in [7, 11) is 0. The molecule has 5 heteroatoms. The van der Waals surface area contributed by atoms with Gasteiger partial charge in [0.05, 0.1) is 5.69 Å². The fourth-order valence-electron chi connectivity index (χ4n) is 1.86. The molecular formula is C12H16N4S. The van der Waals surface area contributed by atoms with E-state index in [2.05, 4.69) is 10.3 Å². The molecule has 17 heavy (non-hydrogen) atoms. The van der Waals surface area contributed by atoms with Crippen molar-refractivity contribution in [2.75, 3.05) is 29.1 Å². The summed E-state index contributed by atoms with van der Waals surface area (Å²) in [6, 6.07) is 5.55. The van der Waals surface area contributed by atoms with E-state index in [1.54, 1.807) is 6.07 Å². The summed E-state index contributed by atoms with van der Waals surface area (Å²) in [5.41, 5.74) is 6.36. The summed E-state index contributed by atoms with van der Waals surface area (Å²) >= 11 is 2.03. The molecule has 1 fully saturated rings. The normalized spacial score (nSPS) is 16.4. The van der Waals surface area contributed by atoms with Gasteiger partial charge in [-0.2, -0.15) is 17.0 Å². The van der Waals surface area contributed by atoms with Crippen LogP contribution in [0, 0.1) is 17.2 Å². The number of nitriles is 1. The van der Waals surface area contributed by atoms with E-state index >= 15 is 0 Å². The molecule has 0 radical (unpaired) electrons. The van der Waals surface area contributed by atoms with Crippen molar-refractivity contribution in [3.05, 3.63) is 17.8 Å². The lowest BCUT2D eigenvalue weighted by Crippen LogP contribution is -2.19. The van der Waals surface area contributed by atoms with Crippen molar-refractivity contribution in [3.8, 4) is 6.07 Å². The molecule has 1 aliphatic rings. The standard InChI is InChI=1S/C12H16N4S/c13-7-11-10(14)1-2-12(16-11)15-8-9-3-5-17-6-4-9/h1-2,9H,3-6,8,14H2,(H,15,16). The van der Waals surface area contributed by atoms with Crippen molar-refractivity contribution < 1.29 is 0 Å². The van der Waals surface area contributed by atoms with Gasteiger partial charge in [-0.15, -0.1) is 0 Å². The van der Waals surface area contributed by atoms with Gasteiger partial charge in [-0.25, -0.2) is 4.98 Å². The number of nitrogens with one attached hydrogen (secondary N) is 1. The zero-order chi connectivity index (χ0) is 12.1. The van der Waals surface area contributed by atoms with E-state index in [0.717, 1.165) is 18.3 Å². The zero-order valence-electron chi connectivity index (χ0n) is 9.65. The van der Waals surface area contributed by atoms with Gasteiger partial charge in [0.1, 0.15) is 11.9 Å². The highest BCUT2D eigenvalue weighted by Crippen LogP contribution is 2.23. The van der Waals surface area contributed by atoms with Crippen LogP contribution in [-0.4, -0.2) is 23.0 Å². The van der Waals surface area contributed by atoms with Gasteiger partial charge in [-0.3, -0.25) is 0 Å². The van der Waals surface area contributed by atoms with Gasteiger partial charge in [0, 0.05) is 6.54 Å². The Morgan fingerprint density at radius 2 is 2.24 bits per heavy atom. The monoisotopic (exact) mass is 248 g/mol. The number of anilines is 2. The van der Waals surface area contributed by atoms with Crippen molar-refractivity contribution in [1.82, 2.24) is 4.98 Å². The Balaban J connectivity index is 1.92. The van der Waals surface area contributed by atoms with E-state index in [4.69, 9.17) is 11.0 Å². The lowest BCUT2D eigenvalue weighted by Gasteiger charge is -2.21. The lowest BCUT2D eigenvalue weighted by atomic mass is 10.0. The molecule has 0 saturated carbocycles.